The normalized spacial score (nSPS) is 14.1. The van der Waals surface area contributed by atoms with Crippen molar-refractivity contribution in [3.8, 4) is 11.6 Å². The molecule has 0 N–H and O–H groups in total. The topological polar surface area (TPSA) is 58.6 Å². The molecule has 0 spiro atoms. The van der Waals surface area contributed by atoms with Gasteiger partial charge in [-0.25, -0.2) is 9.97 Å². The number of ether oxygens (including phenoxy) is 1. The average molecular weight is 360 g/mol. The van der Waals surface area contributed by atoms with Crippen molar-refractivity contribution in [2.24, 2.45) is 0 Å². The third-order valence-electron chi connectivity index (χ3n) is 4.48. The lowest BCUT2D eigenvalue weighted by Crippen LogP contribution is -2.49. The fraction of sp³-hybridized carbons (Fsp3) is 0.190. The van der Waals surface area contributed by atoms with E-state index in [4.69, 9.17) is 4.74 Å². The Bertz CT molecular complexity index is 894. The summed E-state index contributed by atoms with van der Waals surface area (Å²) in [5, 5.41) is 0. The third-order valence-corrected chi connectivity index (χ3v) is 4.48. The SMILES string of the molecule is O=C(c1cccc(Oc2ccccn2)c1)N1CCN(c2ccccn2)CC1. The van der Waals surface area contributed by atoms with Crippen LogP contribution in [-0.4, -0.2) is 47.0 Å². The minimum absolute atomic E-state index is 0.0159. The van der Waals surface area contributed by atoms with Gasteiger partial charge in [-0.2, -0.15) is 0 Å². The summed E-state index contributed by atoms with van der Waals surface area (Å²) in [5.74, 6) is 2.08. The van der Waals surface area contributed by atoms with Crippen LogP contribution >= 0.6 is 0 Å². The molecule has 6 heteroatoms. The van der Waals surface area contributed by atoms with Crippen molar-refractivity contribution in [3.63, 3.8) is 0 Å². The number of benzene rings is 1. The molecule has 0 bridgehead atoms. The van der Waals surface area contributed by atoms with Crippen LogP contribution in [-0.2, 0) is 0 Å². The Balaban J connectivity index is 1.41. The number of hydrogen-bond acceptors (Lipinski definition) is 5. The highest BCUT2D eigenvalue weighted by atomic mass is 16.5. The summed E-state index contributed by atoms with van der Waals surface area (Å²) >= 11 is 0. The van der Waals surface area contributed by atoms with Crippen molar-refractivity contribution in [1.82, 2.24) is 14.9 Å². The number of anilines is 1. The Hall–Kier alpha value is -3.41. The van der Waals surface area contributed by atoms with E-state index in [1.807, 2.05) is 53.4 Å². The highest BCUT2D eigenvalue weighted by Crippen LogP contribution is 2.21. The molecule has 1 aliphatic heterocycles. The van der Waals surface area contributed by atoms with Crippen LogP contribution in [0.15, 0.2) is 73.1 Å². The van der Waals surface area contributed by atoms with Gasteiger partial charge in [-0.3, -0.25) is 4.79 Å². The van der Waals surface area contributed by atoms with Crippen molar-refractivity contribution >= 4 is 11.7 Å². The molecule has 1 aliphatic rings. The second kappa shape index (κ2) is 7.86. The molecule has 27 heavy (non-hydrogen) atoms. The van der Waals surface area contributed by atoms with Gasteiger partial charge in [0.1, 0.15) is 11.6 Å². The minimum Gasteiger partial charge on any atom is -0.439 e. The molecule has 0 unspecified atom stereocenters. The molecule has 3 heterocycles. The Morgan fingerprint density at radius 2 is 1.63 bits per heavy atom. The van der Waals surface area contributed by atoms with E-state index in [0.717, 1.165) is 18.9 Å². The van der Waals surface area contributed by atoms with Crippen LogP contribution in [0.3, 0.4) is 0 Å². The number of nitrogens with zero attached hydrogens (tertiary/aromatic N) is 4. The molecular formula is C21H20N4O2. The van der Waals surface area contributed by atoms with Gasteiger partial charge >= 0.3 is 0 Å². The number of hydrogen-bond donors (Lipinski definition) is 0. The molecule has 4 rings (SSSR count). The molecule has 1 amide bonds. The van der Waals surface area contributed by atoms with Crippen LogP contribution in [0.1, 0.15) is 10.4 Å². The standard InChI is InChI=1S/C21H20N4O2/c26-21(25-14-12-24(13-15-25)19-8-1-3-10-22-19)17-6-5-7-18(16-17)27-20-9-2-4-11-23-20/h1-11,16H,12-15H2. The summed E-state index contributed by atoms with van der Waals surface area (Å²) in [6.07, 6.45) is 3.46. The summed E-state index contributed by atoms with van der Waals surface area (Å²) in [4.78, 5) is 25.5. The van der Waals surface area contributed by atoms with Gasteiger partial charge in [0, 0.05) is 50.2 Å². The Morgan fingerprint density at radius 1 is 0.852 bits per heavy atom. The largest absolute Gasteiger partial charge is 0.439 e. The molecule has 6 nitrogen and oxygen atoms in total. The van der Waals surface area contributed by atoms with Gasteiger partial charge < -0.3 is 14.5 Å². The highest BCUT2D eigenvalue weighted by molar-refractivity contribution is 5.94. The number of rotatable bonds is 4. The van der Waals surface area contributed by atoms with E-state index in [9.17, 15) is 4.79 Å². The van der Waals surface area contributed by atoms with Crippen LogP contribution < -0.4 is 9.64 Å². The third kappa shape index (κ3) is 4.06. The molecule has 0 radical (unpaired) electrons. The first-order valence-corrected chi connectivity index (χ1v) is 8.94. The Labute approximate surface area is 158 Å². The van der Waals surface area contributed by atoms with Crippen molar-refractivity contribution in [2.45, 2.75) is 0 Å². The number of pyridine rings is 2. The van der Waals surface area contributed by atoms with E-state index < -0.39 is 0 Å². The predicted octanol–water partition coefficient (Wildman–Crippen LogP) is 3.23. The minimum atomic E-state index is 0.0159. The first-order valence-electron chi connectivity index (χ1n) is 8.94. The quantitative estimate of drug-likeness (QED) is 0.715. The van der Waals surface area contributed by atoms with E-state index in [0.29, 0.717) is 30.3 Å². The Morgan fingerprint density at radius 3 is 2.33 bits per heavy atom. The van der Waals surface area contributed by atoms with Crippen molar-refractivity contribution in [2.75, 3.05) is 31.1 Å². The molecule has 1 saturated heterocycles. The highest BCUT2D eigenvalue weighted by Gasteiger charge is 2.23. The van der Waals surface area contributed by atoms with E-state index >= 15 is 0 Å². The smallest absolute Gasteiger partial charge is 0.254 e. The molecule has 0 atom stereocenters. The number of piperazine rings is 1. The maximum atomic E-state index is 12.9. The fourth-order valence-electron chi connectivity index (χ4n) is 3.08. The second-order valence-electron chi connectivity index (χ2n) is 6.27. The summed E-state index contributed by atoms with van der Waals surface area (Å²) in [5.41, 5.74) is 0.620. The number of carbonyl (C=O) groups is 1. The van der Waals surface area contributed by atoms with Crippen LogP contribution in [0.2, 0.25) is 0 Å². The second-order valence-corrected chi connectivity index (χ2v) is 6.27. The van der Waals surface area contributed by atoms with E-state index in [2.05, 4.69) is 14.9 Å². The van der Waals surface area contributed by atoms with Gasteiger partial charge in [-0.1, -0.05) is 18.2 Å². The zero-order valence-corrected chi connectivity index (χ0v) is 14.9. The van der Waals surface area contributed by atoms with Crippen LogP contribution in [0.25, 0.3) is 0 Å². The Kier molecular flexibility index (Phi) is 4.96. The number of amides is 1. The molecule has 0 aliphatic carbocycles. The molecule has 136 valence electrons. The molecular weight excluding hydrogens is 340 g/mol. The van der Waals surface area contributed by atoms with Gasteiger partial charge in [0.25, 0.3) is 5.91 Å². The monoisotopic (exact) mass is 360 g/mol. The molecule has 2 aromatic heterocycles. The number of aromatic nitrogens is 2. The summed E-state index contributed by atoms with van der Waals surface area (Å²) in [6, 6.07) is 18.6. The molecule has 1 aromatic carbocycles. The summed E-state index contributed by atoms with van der Waals surface area (Å²) < 4.78 is 5.73. The lowest BCUT2D eigenvalue weighted by atomic mass is 10.1. The van der Waals surface area contributed by atoms with Crippen molar-refractivity contribution in [3.05, 3.63) is 78.6 Å². The maximum absolute atomic E-state index is 12.9. The molecule has 1 fully saturated rings. The first-order chi connectivity index (χ1) is 13.3. The number of carbonyl (C=O) groups excluding carboxylic acids is 1. The summed E-state index contributed by atoms with van der Waals surface area (Å²) in [6.45, 7) is 2.88. The van der Waals surface area contributed by atoms with E-state index in [1.54, 1.807) is 24.5 Å². The lowest BCUT2D eigenvalue weighted by molar-refractivity contribution is 0.0746. The summed E-state index contributed by atoms with van der Waals surface area (Å²) in [7, 11) is 0. The molecule has 0 saturated carbocycles. The van der Waals surface area contributed by atoms with Gasteiger partial charge in [0.2, 0.25) is 5.88 Å². The van der Waals surface area contributed by atoms with Gasteiger partial charge in [0.05, 0.1) is 0 Å². The van der Waals surface area contributed by atoms with Crippen LogP contribution in [0, 0.1) is 0 Å². The van der Waals surface area contributed by atoms with E-state index in [-0.39, 0.29) is 5.91 Å². The molecule has 3 aromatic rings. The average Bonchev–Trinajstić information content (AvgIpc) is 2.75. The van der Waals surface area contributed by atoms with Gasteiger partial charge in [-0.15, -0.1) is 0 Å². The van der Waals surface area contributed by atoms with Gasteiger partial charge in [-0.05, 0) is 36.4 Å². The van der Waals surface area contributed by atoms with Crippen LogP contribution in [0.5, 0.6) is 11.6 Å². The van der Waals surface area contributed by atoms with Crippen molar-refractivity contribution < 1.29 is 9.53 Å². The van der Waals surface area contributed by atoms with E-state index in [1.165, 1.54) is 0 Å². The lowest BCUT2D eigenvalue weighted by Gasteiger charge is -2.35. The van der Waals surface area contributed by atoms with Crippen molar-refractivity contribution in [1.29, 1.82) is 0 Å². The first kappa shape index (κ1) is 17.0. The fourth-order valence-corrected chi connectivity index (χ4v) is 3.08. The zero-order valence-electron chi connectivity index (χ0n) is 14.9. The van der Waals surface area contributed by atoms with Gasteiger partial charge in [0.15, 0.2) is 0 Å². The van der Waals surface area contributed by atoms with Crippen LogP contribution in [0.4, 0.5) is 5.82 Å². The zero-order chi connectivity index (χ0) is 18.5. The predicted molar refractivity (Wildman–Crippen MR) is 103 cm³/mol. The maximum Gasteiger partial charge on any atom is 0.254 e.